The molecule has 0 spiro atoms. The molecule has 0 saturated carbocycles. The SMILES string of the molecule is Cc1ccc(Nc2ccccc2[P+](c2ccccc2)(c2ccccc2)c2ccccc2)cc1. The van der Waals surface area contributed by atoms with Crippen LogP contribution in [-0.4, -0.2) is 0 Å². The van der Waals surface area contributed by atoms with Crippen LogP contribution in [-0.2, 0) is 0 Å². The van der Waals surface area contributed by atoms with E-state index < -0.39 is 7.26 Å². The molecule has 1 nitrogen and oxygen atoms in total. The summed E-state index contributed by atoms with van der Waals surface area (Å²) in [4.78, 5) is 0. The standard InChI is InChI=1S/C31H27NP/c1-25-21-23-26(24-22-25)32-30-19-11-12-20-31(30)33(27-13-5-2-6-14-27,28-15-7-3-8-16-28)29-17-9-4-10-18-29/h2-24,32H,1H3/q+1. The Hall–Kier alpha value is -3.67. The lowest BCUT2D eigenvalue weighted by Crippen LogP contribution is -2.39. The van der Waals surface area contributed by atoms with Crippen molar-refractivity contribution in [1.82, 2.24) is 0 Å². The molecule has 33 heavy (non-hydrogen) atoms. The van der Waals surface area contributed by atoms with Gasteiger partial charge in [-0.1, -0.05) is 84.4 Å². The molecule has 5 aromatic carbocycles. The van der Waals surface area contributed by atoms with Crippen molar-refractivity contribution in [2.45, 2.75) is 6.92 Å². The van der Waals surface area contributed by atoms with Gasteiger partial charge in [0, 0.05) is 5.69 Å². The maximum absolute atomic E-state index is 3.74. The summed E-state index contributed by atoms with van der Waals surface area (Å²) < 4.78 is 0. The third kappa shape index (κ3) is 4.09. The van der Waals surface area contributed by atoms with Crippen LogP contribution in [0.2, 0.25) is 0 Å². The highest BCUT2D eigenvalue weighted by Crippen LogP contribution is 2.55. The van der Waals surface area contributed by atoms with E-state index in [2.05, 4.69) is 152 Å². The summed E-state index contributed by atoms with van der Waals surface area (Å²) in [5.41, 5.74) is 3.50. The monoisotopic (exact) mass is 444 g/mol. The van der Waals surface area contributed by atoms with Gasteiger partial charge >= 0.3 is 0 Å². The summed E-state index contributed by atoms with van der Waals surface area (Å²) >= 11 is 0. The number of nitrogens with one attached hydrogen (secondary N) is 1. The predicted octanol–water partition coefficient (Wildman–Crippen LogP) is 6.36. The normalized spacial score (nSPS) is 11.2. The molecule has 0 amide bonds. The molecule has 5 rings (SSSR count). The first-order valence-corrected chi connectivity index (χ1v) is 13.1. The fraction of sp³-hybridized carbons (Fsp3) is 0.0323. The van der Waals surface area contributed by atoms with Crippen LogP contribution in [0.5, 0.6) is 0 Å². The molecule has 1 N–H and O–H groups in total. The van der Waals surface area contributed by atoms with Gasteiger partial charge < -0.3 is 5.32 Å². The Morgan fingerprint density at radius 3 is 1.36 bits per heavy atom. The molecule has 0 saturated heterocycles. The van der Waals surface area contributed by atoms with Crippen LogP contribution >= 0.6 is 7.26 Å². The van der Waals surface area contributed by atoms with Crippen molar-refractivity contribution >= 4 is 39.9 Å². The molecule has 2 heteroatoms. The average molecular weight is 445 g/mol. The van der Waals surface area contributed by atoms with Gasteiger partial charge in [-0.3, -0.25) is 0 Å². The lowest BCUT2D eigenvalue weighted by molar-refractivity contribution is 1.46. The van der Waals surface area contributed by atoms with E-state index in [1.54, 1.807) is 0 Å². The molecule has 0 bridgehead atoms. The summed E-state index contributed by atoms with van der Waals surface area (Å²) in [7, 11) is -2.15. The van der Waals surface area contributed by atoms with E-state index in [0.29, 0.717) is 0 Å². The van der Waals surface area contributed by atoms with E-state index in [9.17, 15) is 0 Å². The highest BCUT2D eigenvalue weighted by molar-refractivity contribution is 8.01. The molecule has 0 fully saturated rings. The molecule has 0 heterocycles. The van der Waals surface area contributed by atoms with Gasteiger partial charge in [0.05, 0.1) is 5.69 Å². The Morgan fingerprint density at radius 1 is 0.455 bits per heavy atom. The molecule has 5 aromatic rings. The first-order valence-electron chi connectivity index (χ1n) is 11.3. The minimum absolute atomic E-state index is 1.10. The average Bonchev–Trinajstić information content (AvgIpc) is 2.89. The number of rotatable bonds is 6. The van der Waals surface area contributed by atoms with Crippen LogP contribution in [0.25, 0.3) is 0 Å². The highest BCUT2D eigenvalue weighted by Gasteiger charge is 2.49. The largest absolute Gasteiger partial charge is 0.352 e. The number of benzene rings is 5. The van der Waals surface area contributed by atoms with E-state index in [1.165, 1.54) is 26.8 Å². The Kier molecular flexibility index (Phi) is 6.07. The lowest BCUT2D eigenvalue weighted by Gasteiger charge is -2.29. The zero-order valence-corrected chi connectivity index (χ0v) is 19.6. The zero-order valence-electron chi connectivity index (χ0n) is 18.7. The Balaban J connectivity index is 1.82. The second kappa shape index (κ2) is 9.45. The fourth-order valence-corrected chi connectivity index (χ4v) is 8.87. The summed E-state index contributed by atoms with van der Waals surface area (Å²) in [5.74, 6) is 0. The fourth-order valence-electron chi connectivity index (χ4n) is 4.48. The molecular formula is C31H27NP+. The summed E-state index contributed by atoms with van der Waals surface area (Å²) in [5, 5.41) is 9.11. The van der Waals surface area contributed by atoms with Crippen LogP contribution in [0.1, 0.15) is 5.56 Å². The van der Waals surface area contributed by atoms with Crippen molar-refractivity contribution in [1.29, 1.82) is 0 Å². The Labute approximate surface area is 197 Å². The quantitative estimate of drug-likeness (QED) is 0.301. The lowest BCUT2D eigenvalue weighted by atomic mass is 10.2. The van der Waals surface area contributed by atoms with Crippen LogP contribution in [0.3, 0.4) is 0 Å². The van der Waals surface area contributed by atoms with Crippen molar-refractivity contribution in [2.24, 2.45) is 0 Å². The number of hydrogen-bond acceptors (Lipinski definition) is 1. The van der Waals surface area contributed by atoms with Gasteiger partial charge in [0.15, 0.2) is 0 Å². The van der Waals surface area contributed by atoms with Gasteiger partial charge in [-0.2, -0.15) is 0 Å². The van der Waals surface area contributed by atoms with Gasteiger partial charge in [0.25, 0.3) is 0 Å². The summed E-state index contributed by atoms with van der Waals surface area (Å²) in [6, 6.07) is 50.4. The van der Waals surface area contributed by atoms with Crippen LogP contribution in [0.4, 0.5) is 11.4 Å². The molecule has 0 aliphatic carbocycles. The van der Waals surface area contributed by atoms with Crippen LogP contribution < -0.4 is 26.5 Å². The van der Waals surface area contributed by atoms with E-state index in [1.807, 2.05) is 0 Å². The van der Waals surface area contributed by atoms with Crippen molar-refractivity contribution < 1.29 is 0 Å². The maximum atomic E-state index is 3.74. The molecule has 160 valence electrons. The van der Waals surface area contributed by atoms with Crippen LogP contribution in [0.15, 0.2) is 140 Å². The first kappa shape index (κ1) is 21.2. The second-order valence-electron chi connectivity index (χ2n) is 8.19. The highest BCUT2D eigenvalue weighted by atomic mass is 31.2. The molecule has 0 atom stereocenters. The summed E-state index contributed by atoms with van der Waals surface area (Å²) in [6.07, 6.45) is 0. The van der Waals surface area contributed by atoms with E-state index in [4.69, 9.17) is 0 Å². The van der Waals surface area contributed by atoms with Gasteiger partial charge in [-0.25, -0.2) is 0 Å². The van der Waals surface area contributed by atoms with Gasteiger partial charge in [0.1, 0.15) is 28.5 Å². The molecule has 0 aliphatic heterocycles. The molecular weight excluding hydrogens is 417 g/mol. The van der Waals surface area contributed by atoms with E-state index in [0.717, 1.165) is 11.4 Å². The number of para-hydroxylation sites is 1. The van der Waals surface area contributed by atoms with Crippen molar-refractivity contribution in [3.63, 3.8) is 0 Å². The predicted molar refractivity (Wildman–Crippen MR) is 146 cm³/mol. The van der Waals surface area contributed by atoms with Crippen molar-refractivity contribution in [3.8, 4) is 0 Å². The van der Waals surface area contributed by atoms with Crippen LogP contribution in [0, 0.1) is 6.92 Å². The number of hydrogen-bond donors (Lipinski definition) is 1. The minimum Gasteiger partial charge on any atom is -0.352 e. The van der Waals surface area contributed by atoms with E-state index >= 15 is 0 Å². The molecule has 0 radical (unpaired) electrons. The topological polar surface area (TPSA) is 12.0 Å². The maximum Gasteiger partial charge on any atom is 0.146 e. The minimum atomic E-state index is -2.15. The molecule has 0 aromatic heterocycles. The second-order valence-corrected chi connectivity index (χ2v) is 11.6. The Morgan fingerprint density at radius 2 is 0.879 bits per heavy atom. The Bertz CT molecular complexity index is 1220. The summed E-state index contributed by atoms with van der Waals surface area (Å²) in [6.45, 7) is 2.12. The third-order valence-corrected chi connectivity index (χ3v) is 10.4. The van der Waals surface area contributed by atoms with Crippen molar-refractivity contribution in [2.75, 3.05) is 5.32 Å². The van der Waals surface area contributed by atoms with Crippen molar-refractivity contribution in [3.05, 3.63) is 145 Å². The first-order chi connectivity index (χ1) is 16.3. The third-order valence-electron chi connectivity index (χ3n) is 6.03. The smallest absolute Gasteiger partial charge is 0.146 e. The number of aryl methyl sites for hydroxylation is 1. The zero-order chi connectivity index (χ0) is 22.5. The van der Waals surface area contributed by atoms with E-state index in [-0.39, 0.29) is 0 Å². The molecule has 0 aliphatic rings. The van der Waals surface area contributed by atoms with Gasteiger partial charge in [0.2, 0.25) is 0 Å². The van der Waals surface area contributed by atoms with Gasteiger partial charge in [-0.05, 0) is 67.6 Å². The number of anilines is 2. The molecule has 0 unspecified atom stereocenters. The van der Waals surface area contributed by atoms with Gasteiger partial charge in [-0.15, -0.1) is 0 Å².